The molecule has 0 bridgehead atoms. The first-order valence-corrected chi connectivity index (χ1v) is 19.5. The van der Waals surface area contributed by atoms with E-state index in [1.54, 1.807) is 0 Å². The summed E-state index contributed by atoms with van der Waals surface area (Å²) in [6.07, 6.45) is 38.4. The van der Waals surface area contributed by atoms with Crippen LogP contribution < -0.4 is 0 Å². The first-order chi connectivity index (χ1) is 22.3. The maximum absolute atomic E-state index is 12.3. The molecular weight excluding hydrogens is 603 g/mol. The maximum Gasteiger partial charge on any atom is 0.469 e. The third-order valence-electron chi connectivity index (χ3n) is 7.36. The molecule has 1 atom stereocenters. The van der Waals surface area contributed by atoms with Crippen LogP contribution in [-0.4, -0.2) is 41.0 Å². The lowest BCUT2D eigenvalue weighted by Gasteiger charge is -2.18. The van der Waals surface area contributed by atoms with E-state index in [2.05, 4.69) is 67.0 Å². The van der Waals surface area contributed by atoms with Gasteiger partial charge in [0.1, 0.15) is 6.61 Å². The molecule has 0 aliphatic heterocycles. The number of allylic oxidation sites excluding steroid dienone is 8. The molecule has 0 saturated carbocycles. The fourth-order valence-corrected chi connectivity index (χ4v) is 5.08. The van der Waals surface area contributed by atoms with Crippen LogP contribution in [0.4, 0.5) is 0 Å². The summed E-state index contributed by atoms with van der Waals surface area (Å²) in [4.78, 5) is 42.5. The third kappa shape index (κ3) is 34.9. The standard InChI is InChI=1S/C37H65O8P/c1-3-5-7-9-11-13-14-15-16-17-18-19-20-21-22-24-26-28-30-32-37(39)45-35(34-44-46(40,41)42)33-43-36(38)31-29-27-25-23-12-10-8-6-4-2/h5,7,11,13,15-16,18-19,35H,3-4,6,8-10,12,14,17,20-34H2,1-2H3,(H2,40,41,42)/b7-5-,13-11-,16-15-,19-18-. The minimum Gasteiger partial charge on any atom is -0.462 e. The zero-order chi connectivity index (χ0) is 34.0. The average molecular weight is 669 g/mol. The van der Waals surface area contributed by atoms with Gasteiger partial charge in [0, 0.05) is 12.8 Å². The third-order valence-corrected chi connectivity index (χ3v) is 7.85. The summed E-state index contributed by atoms with van der Waals surface area (Å²) in [5.41, 5.74) is 0. The number of carbonyl (C=O) groups is 2. The minimum absolute atomic E-state index is 0.195. The fourth-order valence-electron chi connectivity index (χ4n) is 4.72. The van der Waals surface area contributed by atoms with E-state index in [-0.39, 0.29) is 19.4 Å². The molecule has 1 unspecified atom stereocenters. The quantitative estimate of drug-likeness (QED) is 0.0315. The highest BCUT2D eigenvalue weighted by Crippen LogP contribution is 2.36. The Balaban J connectivity index is 3.99. The lowest BCUT2D eigenvalue weighted by atomic mass is 10.1. The first-order valence-electron chi connectivity index (χ1n) is 17.9. The van der Waals surface area contributed by atoms with Gasteiger partial charge in [-0.2, -0.15) is 0 Å². The van der Waals surface area contributed by atoms with Gasteiger partial charge in [-0.3, -0.25) is 14.1 Å². The highest BCUT2D eigenvalue weighted by molar-refractivity contribution is 7.46. The molecule has 0 radical (unpaired) electrons. The normalized spacial score (nSPS) is 13.0. The Bertz CT molecular complexity index is 890. The van der Waals surface area contributed by atoms with Gasteiger partial charge in [-0.15, -0.1) is 0 Å². The van der Waals surface area contributed by atoms with Crippen LogP contribution in [0.15, 0.2) is 48.6 Å². The number of hydrogen-bond acceptors (Lipinski definition) is 6. The molecule has 46 heavy (non-hydrogen) atoms. The van der Waals surface area contributed by atoms with Gasteiger partial charge in [0.15, 0.2) is 6.10 Å². The number of carbonyl (C=O) groups excluding carboxylic acids is 2. The van der Waals surface area contributed by atoms with E-state index in [0.717, 1.165) is 83.5 Å². The van der Waals surface area contributed by atoms with Gasteiger partial charge in [0.25, 0.3) is 0 Å². The average Bonchev–Trinajstić information content (AvgIpc) is 3.02. The van der Waals surface area contributed by atoms with E-state index in [1.807, 2.05) is 0 Å². The number of unbranched alkanes of at least 4 members (excludes halogenated alkanes) is 14. The molecule has 0 saturated heterocycles. The van der Waals surface area contributed by atoms with Crippen LogP contribution in [0.5, 0.6) is 0 Å². The molecular formula is C37H65O8P. The molecule has 0 aromatic carbocycles. The molecule has 0 rings (SSSR count). The van der Waals surface area contributed by atoms with Crippen LogP contribution in [0.25, 0.3) is 0 Å². The second-order valence-corrected chi connectivity index (χ2v) is 13.1. The van der Waals surface area contributed by atoms with E-state index < -0.39 is 32.5 Å². The highest BCUT2D eigenvalue weighted by Gasteiger charge is 2.22. The van der Waals surface area contributed by atoms with Crippen molar-refractivity contribution < 1.29 is 37.9 Å². The predicted molar refractivity (Wildman–Crippen MR) is 188 cm³/mol. The van der Waals surface area contributed by atoms with Gasteiger partial charge in [-0.25, -0.2) is 4.57 Å². The molecule has 0 aliphatic rings. The summed E-state index contributed by atoms with van der Waals surface area (Å²) in [6.45, 7) is 3.51. The molecule has 0 fully saturated rings. The number of phosphoric acid groups is 1. The van der Waals surface area contributed by atoms with Gasteiger partial charge in [-0.1, -0.05) is 140 Å². The van der Waals surface area contributed by atoms with Crippen LogP contribution >= 0.6 is 7.82 Å². The molecule has 0 spiro atoms. The van der Waals surface area contributed by atoms with E-state index in [4.69, 9.17) is 19.3 Å². The summed E-state index contributed by atoms with van der Waals surface area (Å²) < 4.78 is 26.2. The van der Waals surface area contributed by atoms with Gasteiger partial charge >= 0.3 is 19.8 Å². The van der Waals surface area contributed by atoms with Gasteiger partial charge in [-0.05, 0) is 51.4 Å². The molecule has 0 aliphatic carbocycles. The summed E-state index contributed by atoms with van der Waals surface area (Å²) in [7, 11) is -4.75. The Morgan fingerprint density at radius 1 is 0.587 bits per heavy atom. The van der Waals surface area contributed by atoms with Crippen molar-refractivity contribution in [3.05, 3.63) is 48.6 Å². The molecule has 0 aromatic heterocycles. The molecule has 9 heteroatoms. The van der Waals surface area contributed by atoms with Crippen LogP contribution in [0.3, 0.4) is 0 Å². The molecule has 2 N–H and O–H groups in total. The van der Waals surface area contributed by atoms with Gasteiger partial charge in [0.05, 0.1) is 6.61 Å². The Morgan fingerprint density at radius 2 is 1.04 bits per heavy atom. The van der Waals surface area contributed by atoms with Crippen LogP contribution in [0.1, 0.15) is 155 Å². The Morgan fingerprint density at radius 3 is 1.57 bits per heavy atom. The molecule has 266 valence electrons. The zero-order valence-electron chi connectivity index (χ0n) is 29.0. The number of phosphoric ester groups is 1. The Labute approximate surface area is 280 Å². The van der Waals surface area contributed by atoms with Gasteiger partial charge in [0.2, 0.25) is 0 Å². The van der Waals surface area contributed by atoms with Crippen molar-refractivity contribution in [1.82, 2.24) is 0 Å². The summed E-state index contributed by atoms with van der Waals surface area (Å²) >= 11 is 0. The second kappa shape index (κ2) is 32.9. The Hall–Kier alpha value is -1.99. The minimum atomic E-state index is -4.75. The fraction of sp³-hybridized carbons (Fsp3) is 0.730. The van der Waals surface area contributed by atoms with Crippen LogP contribution in [0.2, 0.25) is 0 Å². The molecule has 0 heterocycles. The number of esters is 2. The van der Waals surface area contributed by atoms with Crippen molar-refractivity contribution in [2.75, 3.05) is 13.2 Å². The Kier molecular flexibility index (Phi) is 31.5. The molecule has 0 aromatic rings. The molecule has 0 amide bonds. The van der Waals surface area contributed by atoms with Crippen molar-refractivity contribution in [1.29, 1.82) is 0 Å². The maximum atomic E-state index is 12.3. The topological polar surface area (TPSA) is 119 Å². The SMILES string of the molecule is CC/C=C\C/C=C\C/C=C\C/C=C\CCCCCCCCC(=O)OC(COC(=O)CCCCCCCCCCC)COP(=O)(O)O. The smallest absolute Gasteiger partial charge is 0.462 e. The first kappa shape index (κ1) is 44.0. The van der Waals surface area contributed by atoms with E-state index >= 15 is 0 Å². The monoisotopic (exact) mass is 668 g/mol. The second-order valence-electron chi connectivity index (χ2n) is 11.8. The summed E-state index contributed by atoms with van der Waals surface area (Å²) in [6, 6.07) is 0. The van der Waals surface area contributed by atoms with Crippen LogP contribution in [-0.2, 0) is 28.2 Å². The van der Waals surface area contributed by atoms with Crippen molar-refractivity contribution in [2.45, 2.75) is 161 Å². The van der Waals surface area contributed by atoms with E-state index in [1.165, 1.54) is 38.5 Å². The lowest BCUT2D eigenvalue weighted by molar-refractivity contribution is -0.161. The van der Waals surface area contributed by atoms with Gasteiger partial charge < -0.3 is 19.3 Å². The summed E-state index contributed by atoms with van der Waals surface area (Å²) in [5.74, 6) is -0.907. The van der Waals surface area contributed by atoms with Crippen molar-refractivity contribution in [2.24, 2.45) is 0 Å². The number of ether oxygens (including phenoxy) is 2. The predicted octanol–water partition coefficient (Wildman–Crippen LogP) is 10.4. The number of hydrogen-bond donors (Lipinski definition) is 2. The van der Waals surface area contributed by atoms with Crippen molar-refractivity contribution >= 4 is 19.8 Å². The highest BCUT2D eigenvalue weighted by atomic mass is 31.2. The largest absolute Gasteiger partial charge is 0.469 e. The van der Waals surface area contributed by atoms with Crippen molar-refractivity contribution in [3.8, 4) is 0 Å². The molecule has 8 nitrogen and oxygen atoms in total. The van der Waals surface area contributed by atoms with Crippen molar-refractivity contribution in [3.63, 3.8) is 0 Å². The lowest BCUT2D eigenvalue weighted by Crippen LogP contribution is -2.29. The van der Waals surface area contributed by atoms with E-state index in [0.29, 0.717) is 6.42 Å². The van der Waals surface area contributed by atoms with E-state index in [9.17, 15) is 14.2 Å². The zero-order valence-corrected chi connectivity index (χ0v) is 29.9. The van der Waals surface area contributed by atoms with Crippen LogP contribution in [0, 0.1) is 0 Å². The summed E-state index contributed by atoms with van der Waals surface area (Å²) in [5, 5.41) is 0. The number of rotatable bonds is 32.